The molecule has 0 unspecified atom stereocenters. The normalized spacial score (nSPS) is 10.5. The number of rotatable bonds is 2. The van der Waals surface area contributed by atoms with Gasteiger partial charge in [-0.1, -0.05) is 41.0 Å². The van der Waals surface area contributed by atoms with E-state index in [0.717, 1.165) is 15.5 Å². The third-order valence-electron chi connectivity index (χ3n) is 2.33. The second-order valence-electron chi connectivity index (χ2n) is 3.70. The third-order valence-corrected chi connectivity index (χ3v) is 4.22. The Balaban J connectivity index is 2.31. The summed E-state index contributed by atoms with van der Waals surface area (Å²) in [6.45, 7) is 2.05. The number of nitrogen functional groups attached to an aromatic ring is 1. The molecule has 2 aromatic carbocycles. The van der Waals surface area contributed by atoms with E-state index in [1.165, 1.54) is 5.56 Å². The van der Waals surface area contributed by atoms with Crippen molar-refractivity contribution in [1.29, 1.82) is 0 Å². The van der Waals surface area contributed by atoms with Gasteiger partial charge in [0.15, 0.2) is 0 Å². The second kappa shape index (κ2) is 5.21. The van der Waals surface area contributed by atoms with Gasteiger partial charge >= 0.3 is 0 Å². The maximum atomic E-state index is 5.98. The van der Waals surface area contributed by atoms with Gasteiger partial charge < -0.3 is 5.73 Å². The lowest BCUT2D eigenvalue weighted by atomic mass is 10.2. The third kappa shape index (κ3) is 3.09. The molecule has 0 aromatic heterocycles. The molecule has 0 fully saturated rings. The summed E-state index contributed by atoms with van der Waals surface area (Å²) in [7, 11) is 0. The minimum Gasteiger partial charge on any atom is -0.399 e. The van der Waals surface area contributed by atoms with Crippen LogP contribution in [-0.4, -0.2) is 0 Å². The monoisotopic (exact) mass is 283 g/mol. The van der Waals surface area contributed by atoms with Crippen LogP contribution >= 0.6 is 35.0 Å². The average Bonchev–Trinajstić information content (AvgIpc) is 2.29. The quantitative estimate of drug-likeness (QED) is 0.782. The van der Waals surface area contributed by atoms with Crippen LogP contribution < -0.4 is 5.73 Å². The van der Waals surface area contributed by atoms with Crippen LogP contribution in [0.2, 0.25) is 10.0 Å². The Morgan fingerprint density at radius 1 is 1.00 bits per heavy atom. The summed E-state index contributed by atoms with van der Waals surface area (Å²) in [5.41, 5.74) is 7.73. The van der Waals surface area contributed by atoms with Crippen LogP contribution in [0.4, 0.5) is 5.69 Å². The fourth-order valence-electron chi connectivity index (χ4n) is 1.39. The Hall–Kier alpha value is -0.830. The standard InChI is InChI=1S/C13H11Cl2NS/c1-8-2-3-9(16)6-13(8)17-10-4-5-11(14)12(15)7-10/h2-7H,16H2,1H3. The lowest BCUT2D eigenvalue weighted by Gasteiger charge is -2.07. The van der Waals surface area contributed by atoms with E-state index in [1.54, 1.807) is 17.8 Å². The summed E-state index contributed by atoms with van der Waals surface area (Å²) < 4.78 is 0. The van der Waals surface area contributed by atoms with Crippen molar-refractivity contribution in [2.24, 2.45) is 0 Å². The van der Waals surface area contributed by atoms with E-state index < -0.39 is 0 Å². The van der Waals surface area contributed by atoms with Gasteiger partial charge in [0.2, 0.25) is 0 Å². The van der Waals surface area contributed by atoms with Crippen LogP contribution in [-0.2, 0) is 0 Å². The molecule has 2 rings (SSSR count). The van der Waals surface area contributed by atoms with Gasteiger partial charge in [-0.05, 0) is 42.8 Å². The van der Waals surface area contributed by atoms with Crippen molar-refractivity contribution in [2.45, 2.75) is 16.7 Å². The van der Waals surface area contributed by atoms with E-state index in [4.69, 9.17) is 28.9 Å². The first kappa shape index (κ1) is 12.6. The van der Waals surface area contributed by atoms with E-state index in [2.05, 4.69) is 6.92 Å². The molecule has 0 atom stereocenters. The number of benzene rings is 2. The van der Waals surface area contributed by atoms with Crippen molar-refractivity contribution < 1.29 is 0 Å². The fraction of sp³-hybridized carbons (Fsp3) is 0.0769. The molecule has 0 saturated heterocycles. The molecule has 88 valence electrons. The number of nitrogens with two attached hydrogens (primary N) is 1. The molecule has 1 nitrogen and oxygen atoms in total. The Kier molecular flexibility index (Phi) is 3.87. The highest BCUT2D eigenvalue weighted by atomic mass is 35.5. The van der Waals surface area contributed by atoms with E-state index >= 15 is 0 Å². The van der Waals surface area contributed by atoms with Gasteiger partial charge in [0, 0.05) is 15.5 Å². The van der Waals surface area contributed by atoms with Crippen molar-refractivity contribution >= 4 is 40.7 Å². The summed E-state index contributed by atoms with van der Waals surface area (Å²) in [5.74, 6) is 0. The first-order valence-corrected chi connectivity index (χ1v) is 6.62. The minimum absolute atomic E-state index is 0.568. The molecule has 0 aliphatic carbocycles. The largest absolute Gasteiger partial charge is 0.399 e. The summed E-state index contributed by atoms with van der Waals surface area (Å²) in [6, 6.07) is 11.5. The number of hydrogen-bond donors (Lipinski definition) is 1. The maximum Gasteiger partial charge on any atom is 0.0603 e. The Bertz CT molecular complexity index is 555. The predicted molar refractivity (Wildman–Crippen MR) is 76.2 cm³/mol. The molecule has 17 heavy (non-hydrogen) atoms. The Morgan fingerprint density at radius 2 is 1.76 bits per heavy atom. The molecule has 0 saturated carbocycles. The van der Waals surface area contributed by atoms with Crippen LogP contribution in [0.1, 0.15) is 5.56 Å². The first-order valence-electron chi connectivity index (χ1n) is 5.05. The number of anilines is 1. The van der Waals surface area contributed by atoms with Gasteiger partial charge in [0.05, 0.1) is 10.0 Å². The SMILES string of the molecule is Cc1ccc(N)cc1Sc1ccc(Cl)c(Cl)c1. The van der Waals surface area contributed by atoms with Crippen LogP contribution in [0.3, 0.4) is 0 Å². The van der Waals surface area contributed by atoms with Crippen molar-refractivity contribution in [1.82, 2.24) is 0 Å². The molecule has 0 aliphatic rings. The molecule has 0 spiro atoms. The number of halogens is 2. The zero-order valence-electron chi connectivity index (χ0n) is 9.21. The van der Waals surface area contributed by atoms with Gasteiger partial charge in [0.1, 0.15) is 0 Å². The Labute approximate surface area is 115 Å². The molecular weight excluding hydrogens is 273 g/mol. The molecular formula is C13H11Cl2NS. The summed E-state index contributed by atoms with van der Waals surface area (Å²) in [5, 5.41) is 1.14. The van der Waals surface area contributed by atoms with Crippen molar-refractivity contribution in [2.75, 3.05) is 5.73 Å². The van der Waals surface area contributed by atoms with E-state index in [-0.39, 0.29) is 0 Å². The lowest BCUT2D eigenvalue weighted by Crippen LogP contribution is -1.87. The van der Waals surface area contributed by atoms with Gasteiger partial charge in [-0.3, -0.25) is 0 Å². The molecule has 4 heteroatoms. The molecule has 0 radical (unpaired) electrons. The summed E-state index contributed by atoms with van der Waals surface area (Å²) in [4.78, 5) is 2.18. The maximum absolute atomic E-state index is 5.98. The van der Waals surface area contributed by atoms with Crippen LogP contribution in [0.5, 0.6) is 0 Å². The van der Waals surface area contributed by atoms with E-state index in [1.807, 2.05) is 30.3 Å². The van der Waals surface area contributed by atoms with Gasteiger partial charge in [-0.2, -0.15) is 0 Å². The molecule has 0 amide bonds. The summed E-state index contributed by atoms with van der Waals surface area (Å²) in [6.07, 6.45) is 0. The molecule has 0 aliphatic heterocycles. The molecule has 0 heterocycles. The Morgan fingerprint density at radius 3 is 2.47 bits per heavy atom. The van der Waals surface area contributed by atoms with Crippen LogP contribution in [0, 0.1) is 6.92 Å². The zero-order valence-corrected chi connectivity index (χ0v) is 11.5. The highest BCUT2D eigenvalue weighted by Gasteiger charge is 2.04. The van der Waals surface area contributed by atoms with Gasteiger partial charge in [-0.25, -0.2) is 0 Å². The van der Waals surface area contributed by atoms with E-state index in [0.29, 0.717) is 10.0 Å². The highest BCUT2D eigenvalue weighted by molar-refractivity contribution is 7.99. The van der Waals surface area contributed by atoms with Crippen molar-refractivity contribution in [3.63, 3.8) is 0 Å². The molecule has 2 N–H and O–H groups in total. The second-order valence-corrected chi connectivity index (χ2v) is 5.63. The lowest BCUT2D eigenvalue weighted by molar-refractivity contribution is 1.29. The van der Waals surface area contributed by atoms with Crippen LogP contribution in [0.15, 0.2) is 46.2 Å². The summed E-state index contributed by atoms with van der Waals surface area (Å²) >= 11 is 13.5. The number of aryl methyl sites for hydroxylation is 1. The predicted octanol–water partition coefficient (Wildman–Crippen LogP) is 5.04. The van der Waals surface area contributed by atoms with Gasteiger partial charge in [0.25, 0.3) is 0 Å². The van der Waals surface area contributed by atoms with Crippen molar-refractivity contribution in [3.05, 3.63) is 52.0 Å². The highest BCUT2D eigenvalue weighted by Crippen LogP contribution is 2.34. The molecule has 2 aromatic rings. The molecule has 0 bridgehead atoms. The van der Waals surface area contributed by atoms with Crippen LogP contribution in [0.25, 0.3) is 0 Å². The number of hydrogen-bond acceptors (Lipinski definition) is 2. The van der Waals surface area contributed by atoms with Crippen molar-refractivity contribution in [3.8, 4) is 0 Å². The van der Waals surface area contributed by atoms with Gasteiger partial charge in [-0.15, -0.1) is 0 Å². The topological polar surface area (TPSA) is 26.0 Å². The first-order chi connectivity index (χ1) is 8.06. The fourth-order valence-corrected chi connectivity index (χ4v) is 2.75. The van der Waals surface area contributed by atoms with E-state index in [9.17, 15) is 0 Å². The minimum atomic E-state index is 0.568. The smallest absolute Gasteiger partial charge is 0.0603 e. The average molecular weight is 284 g/mol. The zero-order chi connectivity index (χ0) is 12.4.